The third-order valence-corrected chi connectivity index (χ3v) is 5.58. The van der Waals surface area contributed by atoms with Crippen LogP contribution in [0.15, 0.2) is 24.4 Å². The highest BCUT2D eigenvalue weighted by Crippen LogP contribution is 2.28. The highest BCUT2D eigenvalue weighted by molar-refractivity contribution is 6.29. The Morgan fingerprint density at radius 3 is 2.50 bits per heavy atom. The van der Waals surface area contributed by atoms with Crippen LogP contribution < -0.4 is 10.6 Å². The van der Waals surface area contributed by atoms with E-state index in [2.05, 4.69) is 25.7 Å². The predicted octanol–water partition coefficient (Wildman–Crippen LogP) is 4.40. The number of nitrogens with zero attached hydrogens (tertiary/aromatic N) is 4. The quantitative estimate of drug-likeness (QED) is 0.535. The fourth-order valence-corrected chi connectivity index (χ4v) is 3.94. The molecule has 2 aromatic heterocycles. The second-order valence-electron chi connectivity index (χ2n) is 7.39. The van der Waals surface area contributed by atoms with E-state index in [9.17, 15) is 13.2 Å². The number of benzene rings is 1. The first-order chi connectivity index (χ1) is 14.6. The minimum atomic E-state index is -0.753. The van der Waals surface area contributed by atoms with Crippen LogP contribution in [0, 0.1) is 11.6 Å². The van der Waals surface area contributed by atoms with E-state index in [1.54, 1.807) is 0 Å². The van der Waals surface area contributed by atoms with E-state index < -0.39 is 11.6 Å². The van der Waals surface area contributed by atoms with E-state index >= 15 is 0 Å². The molecular weight excluding hydrogens is 417 g/mol. The number of halogens is 4. The zero-order valence-corrected chi connectivity index (χ0v) is 17.0. The molecule has 4 rings (SSSR count). The van der Waals surface area contributed by atoms with Crippen LogP contribution in [0.1, 0.15) is 32.1 Å². The number of nitrogens with one attached hydrogen (secondary N) is 2. The molecule has 3 aromatic rings. The number of anilines is 1. The lowest BCUT2D eigenvalue weighted by molar-refractivity contribution is 0.344. The van der Waals surface area contributed by atoms with Crippen molar-refractivity contribution in [3.8, 4) is 11.4 Å². The van der Waals surface area contributed by atoms with Gasteiger partial charge in [0.1, 0.15) is 11.6 Å². The summed E-state index contributed by atoms with van der Waals surface area (Å²) in [5.41, 5.74) is 0.0803. The minimum absolute atomic E-state index is 0.109. The largest absolute Gasteiger partial charge is 0.364 e. The van der Waals surface area contributed by atoms with Gasteiger partial charge in [0.15, 0.2) is 22.4 Å². The second-order valence-corrected chi connectivity index (χ2v) is 7.77. The maximum absolute atomic E-state index is 14.3. The summed E-state index contributed by atoms with van der Waals surface area (Å²) < 4.78 is 42.2. The molecule has 1 fully saturated rings. The van der Waals surface area contributed by atoms with Gasteiger partial charge in [-0.05, 0) is 50.8 Å². The van der Waals surface area contributed by atoms with E-state index in [1.165, 1.54) is 16.8 Å². The lowest BCUT2D eigenvalue weighted by Gasteiger charge is -2.30. The lowest BCUT2D eigenvalue weighted by atomic mass is 9.91. The van der Waals surface area contributed by atoms with Crippen LogP contribution in [0.25, 0.3) is 17.0 Å². The van der Waals surface area contributed by atoms with Gasteiger partial charge in [0.2, 0.25) is 0 Å². The normalized spacial score (nSPS) is 19.3. The molecule has 1 aliphatic carbocycles. The van der Waals surface area contributed by atoms with Gasteiger partial charge in [-0.2, -0.15) is 4.52 Å². The van der Waals surface area contributed by atoms with Crippen molar-refractivity contribution in [3.63, 3.8) is 0 Å². The van der Waals surface area contributed by atoms with E-state index in [0.29, 0.717) is 30.5 Å². The summed E-state index contributed by atoms with van der Waals surface area (Å²) >= 11 is 6.17. The van der Waals surface area contributed by atoms with Crippen LogP contribution >= 0.6 is 11.6 Å². The Bertz CT molecular complexity index is 999. The number of alkyl halides is 1. The van der Waals surface area contributed by atoms with Gasteiger partial charge in [0.05, 0.1) is 18.4 Å². The van der Waals surface area contributed by atoms with Crippen LogP contribution in [-0.2, 0) is 0 Å². The van der Waals surface area contributed by atoms with Crippen molar-refractivity contribution in [2.45, 2.75) is 44.2 Å². The standard InChI is InChI=1S/C20H22ClF3N6/c21-16-11-26-20-19(27-13-7-5-12(6-8-13)25-10-2-9-22)28-18(29-30(16)20)17-14(23)3-1-4-15(17)24/h1,3-4,11-13,25H,2,5-10H2,(H,27,28,29). The molecule has 0 saturated heterocycles. The number of hydrogen-bond donors (Lipinski definition) is 2. The molecule has 0 aliphatic heterocycles. The van der Waals surface area contributed by atoms with Gasteiger partial charge >= 0.3 is 0 Å². The number of hydrogen-bond acceptors (Lipinski definition) is 5. The molecule has 10 heteroatoms. The molecule has 0 amide bonds. The zero-order valence-electron chi connectivity index (χ0n) is 16.2. The molecule has 0 atom stereocenters. The smallest absolute Gasteiger partial charge is 0.198 e. The highest BCUT2D eigenvalue weighted by atomic mass is 35.5. The Morgan fingerprint density at radius 2 is 1.80 bits per heavy atom. The first kappa shape index (κ1) is 20.9. The van der Waals surface area contributed by atoms with Crippen molar-refractivity contribution in [1.29, 1.82) is 0 Å². The summed E-state index contributed by atoms with van der Waals surface area (Å²) in [5.74, 6) is -1.24. The third-order valence-electron chi connectivity index (χ3n) is 5.32. The van der Waals surface area contributed by atoms with Crippen molar-refractivity contribution in [2.24, 2.45) is 0 Å². The summed E-state index contributed by atoms with van der Waals surface area (Å²) in [6.45, 7) is 0.362. The Hall–Kier alpha value is -2.39. The molecule has 6 nitrogen and oxygen atoms in total. The summed E-state index contributed by atoms with van der Waals surface area (Å²) in [7, 11) is 0. The maximum atomic E-state index is 14.3. The van der Waals surface area contributed by atoms with Crippen LogP contribution in [0.5, 0.6) is 0 Å². The summed E-state index contributed by atoms with van der Waals surface area (Å²) in [4.78, 5) is 8.61. The van der Waals surface area contributed by atoms with Gasteiger partial charge in [-0.3, -0.25) is 4.39 Å². The van der Waals surface area contributed by atoms with Gasteiger partial charge in [-0.15, -0.1) is 5.10 Å². The highest BCUT2D eigenvalue weighted by Gasteiger charge is 2.24. The average Bonchev–Trinajstić information content (AvgIpc) is 3.11. The predicted molar refractivity (Wildman–Crippen MR) is 109 cm³/mol. The number of imidazole rings is 1. The molecule has 0 spiro atoms. The van der Waals surface area contributed by atoms with E-state index in [1.807, 2.05) is 0 Å². The molecule has 160 valence electrons. The fourth-order valence-electron chi connectivity index (χ4n) is 3.78. The third kappa shape index (κ3) is 4.37. The minimum Gasteiger partial charge on any atom is -0.364 e. The van der Waals surface area contributed by atoms with Crippen molar-refractivity contribution in [1.82, 2.24) is 24.9 Å². The molecule has 0 radical (unpaired) electrons. The zero-order chi connectivity index (χ0) is 21.1. The maximum Gasteiger partial charge on any atom is 0.198 e. The van der Waals surface area contributed by atoms with Crippen LogP contribution in [-0.4, -0.2) is 44.9 Å². The molecule has 1 aromatic carbocycles. The van der Waals surface area contributed by atoms with Gasteiger partial charge < -0.3 is 10.6 Å². The van der Waals surface area contributed by atoms with Gasteiger partial charge in [-0.1, -0.05) is 17.7 Å². The van der Waals surface area contributed by atoms with Crippen molar-refractivity contribution >= 4 is 23.1 Å². The molecule has 2 N–H and O–H groups in total. The molecule has 1 aliphatic rings. The van der Waals surface area contributed by atoms with E-state index in [0.717, 1.165) is 37.8 Å². The molecular formula is C20H22ClF3N6. The SMILES string of the molecule is FCCCNC1CCC(Nc2nc(-c3c(F)cccc3F)nn3c(Cl)cnc23)CC1. The molecule has 30 heavy (non-hydrogen) atoms. The Morgan fingerprint density at radius 1 is 1.10 bits per heavy atom. The Balaban J connectivity index is 1.57. The first-order valence-corrected chi connectivity index (χ1v) is 10.4. The molecule has 1 saturated carbocycles. The number of fused-ring (bicyclic) bond motifs is 1. The van der Waals surface area contributed by atoms with Crippen LogP contribution in [0.4, 0.5) is 19.0 Å². The first-order valence-electron chi connectivity index (χ1n) is 9.98. The number of rotatable bonds is 7. The summed E-state index contributed by atoms with van der Waals surface area (Å²) in [5, 5.41) is 11.1. The fraction of sp³-hybridized carbons (Fsp3) is 0.450. The van der Waals surface area contributed by atoms with Gasteiger partial charge in [0.25, 0.3) is 0 Å². The average molecular weight is 439 g/mol. The second kappa shape index (κ2) is 9.18. The van der Waals surface area contributed by atoms with Crippen molar-refractivity contribution < 1.29 is 13.2 Å². The number of aromatic nitrogens is 4. The topological polar surface area (TPSA) is 67.1 Å². The molecule has 2 heterocycles. The van der Waals surface area contributed by atoms with Gasteiger partial charge in [0, 0.05) is 12.1 Å². The van der Waals surface area contributed by atoms with Gasteiger partial charge in [-0.25, -0.2) is 18.7 Å². The van der Waals surface area contributed by atoms with Crippen molar-refractivity contribution in [2.75, 3.05) is 18.5 Å². The van der Waals surface area contributed by atoms with Crippen LogP contribution in [0.2, 0.25) is 5.15 Å². The molecule has 0 bridgehead atoms. The van der Waals surface area contributed by atoms with E-state index in [4.69, 9.17) is 11.6 Å². The van der Waals surface area contributed by atoms with Crippen molar-refractivity contribution in [3.05, 3.63) is 41.2 Å². The lowest BCUT2D eigenvalue weighted by Crippen LogP contribution is -2.37. The molecule has 0 unspecified atom stereocenters. The van der Waals surface area contributed by atoms with Crippen LogP contribution in [0.3, 0.4) is 0 Å². The Kier molecular flexibility index (Phi) is 6.38. The van der Waals surface area contributed by atoms with E-state index in [-0.39, 0.29) is 29.3 Å². The summed E-state index contributed by atoms with van der Waals surface area (Å²) in [6.07, 6.45) is 5.57. The summed E-state index contributed by atoms with van der Waals surface area (Å²) in [6, 6.07) is 4.09. The monoisotopic (exact) mass is 438 g/mol. The Labute approximate surface area is 176 Å².